The molecule has 1 saturated heterocycles. The number of likely N-dealkylation sites (tertiary alicyclic amines) is 1. The van der Waals surface area contributed by atoms with Crippen LogP contribution in [0.1, 0.15) is 37.8 Å². The molecule has 2 unspecified atom stereocenters. The second kappa shape index (κ2) is 5.82. The minimum atomic E-state index is -0.702. The van der Waals surface area contributed by atoms with Crippen LogP contribution in [0.2, 0.25) is 0 Å². The highest BCUT2D eigenvalue weighted by molar-refractivity contribution is 5.82. The molecule has 110 valence electrons. The predicted octanol–water partition coefficient (Wildman–Crippen LogP) is 3.23. The molecule has 2 heterocycles. The van der Waals surface area contributed by atoms with Crippen LogP contribution in [0.25, 0.3) is 10.8 Å². The number of pyridine rings is 1. The fraction of sp³-hybridized carbons (Fsp3) is 0.412. The molecule has 1 aromatic heterocycles. The Morgan fingerprint density at radius 1 is 1.33 bits per heavy atom. The van der Waals surface area contributed by atoms with Crippen molar-refractivity contribution < 1.29 is 9.90 Å². The summed E-state index contributed by atoms with van der Waals surface area (Å²) in [6.45, 7) is 2.95. The van der Waals surface area contributed by atoms with Crippen LogP contribution in [0.15, 0.2) is 36.7 Å². The third-order valence-corrected chi connectivity index (χ3v) is 4.47. The van der Waals surface area contributed by atoms with Gasteiger partial charge in [0.25, 0.3) is 0 Å². The summed E-state index contributed by atoms with van der Waals surface area (Å²) >= 11 is 0. The number of fused-ring (bicyclic) bond motifs is 1. The first-order valence-corrected chi connectivity index (χ1v) is 7.49. The van der Waals surface area contributed by atoms with Gasteiger partial charge in [-0.1, -0.05) is 18.6 Å². The number of aliphatic carboxylic acids is 1. The topological polar surface area (TPSA) is 53.4 Å². The number of piperidine rings is 1. The summed E-state index contributed by atoms with van der Waals surface area (Å²) in [4.78, 5) is 17.7. The first-order chi connectivity index (χ1) is 10.2. The molecule has 1 aliphatic rings. The third-order valence-electron chi connectivity index (χ3n) is 4.47. The molecule has 4 nitrogen and oxygen atoms in total. The number of carbonyl (C=O) groups is 1. The summed E-state index contributed by atoms with van der Waals surface area (Å²) in [5.41, 5.74) is 1.17. The summed E-state index contributed by atoms with van der Waals surface area (Å²) in [5.74, 6) is -0.702. The number of nitrogens with zero attached hydrogens (tertiary/aromatic N) is 2. The molecule has 0 radical (unpaired) electrons. The molecule has 1 aliphatic heterocycles. The normalized spacial score (nSPS) is 21.3. The zero-order chi connectivity index (χ0) is 14.8. The van der Waals surface area contributed by atoms with E-state index in [1.807, 2.05) is 12.3 Å². The van der Waals surface area contributed by atoms with Crippen molar-refractivity contribution in [2.24, 2.45) is 0 Å². The maximum absolute atomic E-state index is 11.5. The second-order valence-corrected chi connectivity index (χ2v) is 5.75. The van der Waals surface area contributed by atoms with Crippen LogP contribution in [-0.4, -0.2) is 33.5 Å². The first kappa shape index (κ1) is 14.0. The van der Waals surface area contributed by atoms with Gasteiger partial charge in [0.15, 0.2) is 0 Å². The van der Waals surface area contributed by atoms with Gasteiger partial charge in [-0.2, -0.15) is 0 Å². The molecular weight excluding hydrogens is 264 g/mol. The molecule has 1 fully saturated rings. The van der Waals surface area contributed by atoms with E-state index in [9.17, 15) is 9.90 Å². The predicted molar refractivity (Wildman–Crippen MR) is 82.1 cm³/mol. The third kappa shape index (κ3) is 2.76. The fourth-order valence-electron chi connectivity index (χ4n) is 3.24. The Morgan fingerprint density at radius 2 is 2.19 bits per heavy atom. The van der Waals surface area contributed by atoms with E-state index >= 15 is 0 Å². The standard InChI is InChI=1S/C17H20N2O2/c1-12(19-9-3-2-4-16(19)17(20)21)13-5-6-15-11-18-8-7-14(15)10-13/h5-8,10-12,16H,2-4,9H2,1H3,(H,20,21). The second-order valence-electron chi connectivity index (χ2n) is 5.75. The first-order valence-electron chi connectivity index (χ1n) is 7.49. The van der Waals surface area contributed by atoms with Crippen molar-refractivity contribution in [2.45, 2.75) is 38.3 Å². The van der Waals surface area contributed by atoms with Gasteiger partial charge in [-0.3, -0.25) is 14.7 Å². The summed E-state index contributed by atoms with van der Waals surface area (Å²) < 4.78 is 0. The highest BCUT2D eigenvalue weighted by Crippen LogP contribution is 2.30. The SMILES string of the molecule is CC(c1ccc2cnccc2c1)N1CCCCC1C(=O)O. The van der Waals surface area contributed by atoms with Crippen molar-refractivity contribution in [3.63, 3.8) is 0 Å². The number of aromatic nitrogens is 1. The van der Waals surface area contributed by atoms with E-state index in [0.717, 1.165) is 36.6 Å². The molecule has 4 heteroatoms. The largest absolute Gasteiger partial charge is 0.480 e. The Morgan fingerprint density at radius 3 is 3.00 bits per heavy atom. The lowest BCUT2D eigenvalue weighted by Crippen LogP contribution is -2.45. The van der Waals surface area contributed by atoms with E-state index in [-0.39, 0.29) is 12.1 Å². The van der Waals surface area contributed by atoms with Crippen LogP contribution >= 0.6 is 0 Å². The summed E-state index contributed by atoms with van der Waals surface area (Å²) in [5, 5.41) is 11.7. The quantitative estimate of drug-likeness (QED) is 0.940. The van der Waals surface area contributed by atoms with Crippen LogP contribution in [0.4, 0.5) is 0 Å². The number of hydrogen-bond donors (Lipinski definition) is 1. The van der Waals surface area contributed by atoms with Crippen LogP contribution in [-0.2, 0) is 4.79 Å². The van der Waals surface area contributed by atoms with Crippen molar-refractivity contribution in [2.75, 3.05) is 6.54 Å². The zero-order valence-electron chi connectivity index (χ0n) is 12.2. The Balaban J connectivity index is 1.91. The molecule has 0 bridgehead atoms. The fourth-order valence-corrected chi connectivity index (χ4v) is 3.24. The van der Waals surface area contributed by atoms with E-state index in [4.69, 9.17) is 0 Å². The van der Waals surface area contributed by atoms with E-state index in [1.54, 1.807) is 6.20 Å². The van der Waals surface area contributed by atoms with E-state index in [2.05, 4.69) is 35.0 Å². The number of rotatable bonds is 3. The lowest BCUT2D eigenvalue weighted by atomic mass is 9.96. The minimum Gasteiger partial charge on any atom is -0.480 e. The molecule has 0 amide bonds. The maximum Gasteiger partial charge on any atom is 0.320 e. The van der Waals surface area contributed by atoms with Gasteiger partial charge < -0.3 is 5.11 Å². The minimum absolute atomic E-state index is 0.115. The average molecular weight is 284 g/mol. The van der Waals surface area contributed by atoms with Crippen molar-refractivity contribution in [3.8, 4) is 0 Å². The molecule has 2 aromatic rings. The Bertz CT molecular complexity index is 656. The van der Waals surface area contributed by atoms with Gasteiger partial charge in [-0.25, -0.2) is 0 Å². The van der Waals surface area contributed by atoms with Gasteiger partial charge in [-0.05, 0) is 49.4 Å². The summed E-state index contributed by atoms with van der Waals surface area (Å²) in [7, 11) is 0. The van der Waals surface area contributed by atoms with Crippen molar-refractivity contribution in [1.29, 1.82) is 0 Å². The van der Waals surface area contributed by atoms with Gasteiger partial charge in [-0.15, -0.1) is 0 Å². The van der Waals surface area contributed by atoms with Crippen LogP contribution in [0, 0.1) is 0 Å². The van der Waals surface area contributed by atoms with Crippen LogP contribution in [0.3, 0.4) is 0 Å². The maximum atomic E-state index is 11.5. The number of carboxylic acid groups (broad SMARTS) is 1. The molecule has 3 rings (SSSR count). The van der Waals surface area contributed by atoms with Crippen LogP contribution < -0.4 is 0 Å². The molecular formula is C17H20N2O2. The molecule has 21 heavy (non-hydrogen) atoms. The monoisotopic (exact) mass is 284 g/mol. The van der Waals surface area contributed by atoms with Crippen molar-refractivity contribution in [1.82, 2.24) is 9.88 Å². The van der Waals surface area contributed by atoms with Gasteiger partial charge in [0.2, 0.25) is 0 Å². The molecule has 1 aromatic carbocycles. The summed E-state index contributed by atoms with van der Waals surface area (Å²) in [6.07, 6.45) is 6.47. The smallest absolute Gasteiger partial charge is 0.320 e. The number of carboxylic acids is 1. The van der Waals surface area contributed by atoms with Gasteiger partial charge >= 0.3 is 5.97 Å². The molecule has 0 spiro atoms. The Hall–Kier alpha value is -1.94. The van der Waals surface area contributed by atoms with Crippen LogP contribution in [0.5, 0.6) is 0 Å². The Kier molecular flexibility index (Phi) is 3.88. The Labute approximate surface area is 124 Å². The molecule has 0 saturated carbocycles. The van der Waals surface area contributed by atoms with Gasteiger partial charge in [0.1, 0.15) is 6.04 Å². The highest BCUT2D eigenvalue weighted by atomic mass is 16.4. The average Bonchev–Trinajstić information content (AvgIpc) is 2.53. The lowest BCUT2D eigenvalue weighted by Gasteiger charge is -2.37. The van der Waals surface area contributed by atoms with E-state index < -0.39 is 5.97 Å². The highest BCUT2D eigenvalue weighted by Gasteiger charge is 2.32. The number of hydrogen-bond acceptors (Lipinski definition) is 3. The van der Waals surface area contributed by atoms with Gasteiger partial charge in [0, 0.05) is 23.8 Å². The zero-order valence-corrected chi connectivity index (χ0v) is 12.2. The van der Waals surface area contributed by atoms with Gasteiger partial charge in [0.05, 0.1) is 0 Å². The molecule has 0 aliphatic carbocycles. The van der Waals surface area contributed by atoms with Crippen molar-refractivity contribution >= 4 is 16.7 Å². The lowest BCUT2D eigenvalue weighted by molar-refractivity contribution is -0.145. The molecule has 1 N–H and O–H groups in total. The van der Waals surface area contributed by atoms with Crippen molar-refractivity contribution in [3.05, 3.63) is 42.2 Å². The van der Waals surface area contributed by atoms with E-state index in [1.165, 1.54) is 5.56 Å². The van der Waals surface area contributed by atoms with E-state index in [0.29, 0.717) is 0 Å². The molecule has 2 atom stereocenters. The number of benzene rings is 1. The summed E-state index contributed by atoms with van der Waals surface area (Å²) in [6, 6.07) is 8.05.